The van der Waals surface area contributed by atoms with Gasteiger partial charge in [0, 0.05) is 12.6 Å². The molecule has 0 atom stereocenters. The highest BCUT2D eigenvalue weighted by Gasteiger charge is 2.13. The molecule has 1 N–H and O–H groups in total. The van der Waals surface area contributed by atoms with E-state index < -0.39 is 0 Å². The first-order valence-corrected chi connectivity index (χ1v) is 7.15. The second-order valence-electron chi connectivity index (χ2n) is 4.22. The molecule has 0 spiro atoms. The highest BCUT2D eigenvalue weighted by atomic mass is 127. The Morgan fingerprint density at radius 3 is 2.63 bits per heavy atom. The van der Waals surface area contributed by atoms with Crippen LogP contribution in [0.2, 0.25) is 0 Å². The van der Waals surface area contributed by atoms with Crippen LogP contribution in [0.15, 0.2) is 18.2 Å². The van der Waals surface area contributed by atoms with Gasteiger partial charge in [0.2, 0.25) is 0 Å². The van der Waals surface area contributed by atoms with Crippen LogP contribution in [0.4, 0.5) is 10.2 Å². The van der Waals surface area contributed by atoms with Gasteiger partial charge < -0.3 is 5.32 Å². The van der Waals surface area contributed by atoms with Gasteiger partial charge in [-0.1, -0.05) is 6.92 Å². The zero-order valence-corrected chi connectivity index (χ0v) is 13.2. The predicted molar refractivity (Wildman–Crippen MR) is 83.8 cm³/mol. The van der Waals surface area contributed by atoms with E-state index in [1.807, 2.05) is 14.0 Å². The number of rotatable bonds is 3. The minimum Gasteiger partial charge on any atom is -0.372 e. The second kappa shape index (κ2) is 5.81. The third kappa shape index (κ3) is 2.86. The molecule has 0 fully saturated rings. The Morgan fingerprint density at radius 1 is 1.32 bits per heavy atom. The molecule has 1 aromatic carbocycles. The fourth-order valence-corrected chi connectivity index (χ4v) is 2.78. The summed E-state index contributed by atoms with van der Waals surface area (Å²) < 4.78 is 14.2. The van der Waals surface area contributed by atoms with E-state index in [1.165, 1.54) is 12.1 Å². The monoisotopic (exact) mass is 371 g/mol. The maximum absolute atomic E-state index is 13.2. The summed E-state index contributed by atoms with van der Waals surface area (Å²) >= 11 is 2.24. The van der Waals surface area contributed by atoms with Crippen LogP contribution in [0, 0.1) is 16.3 Å². The van der Waals surface area contributed by atoms with Crippen LogP contribution in [-0.2, 0) is 6.42 Å². The highest BCUT2D eigenvalue weighted by Crippen LogP contribution is 2.26. The minimum atomic E-state index is -0.240. The van der Waals surface area contributed by atoms with Crippen LogP contribution in [0.5, 0.6) is 0 Å². The molecule has 0 amide bonds. The van der Waals surface area contributed by atoms with E-state index in [9.17, 15) is 4.39 Å². The van der Waals surface area contributed by atoms with Gasteiger partial charge in [0.25, 0.3) is 0 Å². The van der Waals surface area contributed by atoms with Gasteiger partial charge in [-0.05, 0) is 59.7 Å². The Hall–Kier alpha value is -1.24. The lowest BCUT2D eigenvalue weighted by Crippen LogP contribution is -2.05. The van der Waals surface area contributed by atoms with Crippen molar-refractivity contribution < 1.29 is 4.39 Å². The van der Waals surface area contributed by atoms with Crippen molar-refractivity contribution in [2.75, 3.05) is 12.4 Å². The summed E-state index contributed by atoms with van der Waals surface area (Å²) in [7, 11) is 1.84. The minimum absolute atomic E-state index is 0.240. The Labute approximate surface area is 125 Å². The van der Waals surface area contributed by atoms with Crippen LogP contribution in [0.25, 0.3) is 11.4 Å². The van der Waals surface area contributed by atoms with E-state index in [0.29, 0.717) is 5.82 Å². The summed E-state index contributed by atoms with van der Waals surface area (Å²) in [6, 6.07) is 4.67. The van der Waals surface area contributed by atoms with Gasteiger partial charge in [0.05, 0.1) is 9.26 Å². The maximum Gasteiger partial charge on any atom is 0.162 e. The Balaban J connectivity index is 2.62. The molecule has 2 rings (SSSR count). The van der Waals surface area contributed by atoms with Crippen LogP contribution in [-0.4, -0.2) is 17.0 Å². The van der Waals surface area contributed by atoms with Crippen LogP contribution >= 0.6 is 22.6 Å². The third-order valence-corrected chi connectivity index (χ3v) is 4.05. The summed E-state index contributed by atoms with van der Waals surface area (Å²) in [5, 5.41) is 3.08. The summed E-state index contributed by atoms with van der Waals surface area (Å²) in [5.41, 5.74) is 2.70. The fourth-order valence-electron chi connectivity index (χ4n) is 1.89. The number of benzene rings is 1. The van der Waals surface area contributed by atoms with E-state index in [4.69, 9.17) is 0 Å². The Bertz CT molecular complexity index is 589. The molecule has 0 aliphatic heterocycles. The van der Waals surface area contributed by atoms with E-state index in [1.54, 1.807) is 6.07 Å². The van der Waals surface area contributed by atoms with Gasteiger partial charge in [-0.2, -0.15) is 0 Å². The molecule has 5 heteroatoms. The van der Waals surface area contributed by atoms with Gasteiger partial charge in [-0.25, -0.2) is 14.4 Å². The van der Waals surface area contributed by atoms with Crippen molar-refractivity contribution in [3.63, 3.8) is 0 Å². The molecule has 1 aromatic heterocycles. The topological polar surface area (TPSA) is 37.8 Å². The molecule has 0 aliphatic rings. The standard InChI is InChI=1S/C14H15FIN3/c1-4-11-12(16)14(17-3)19-13(18-11)10-6-5-9(15)7-8(10)2/h5-7H,4H2,1-3H3,(H,17,18,19). The van der Waals surface area contributed by atoms with E-state index in [-0.39, 0.29) is 5.82 Å². The predicted octanol–water partition coefficient (Wildman–Crippen LogP) is 3.80. The number of nitrogens with zero attached hydrogens (tertiary/aromatic N) is 2. The Kier molecular flexibility index (Phi) is 4.34. The number of hydrogen-bond donors (Lipinski definition) is 1. The quantitative estimate of drug-likeness (QED) is 0.835. The largest absolute Gasteiger partial charge is 0.372 e. The van der Waals surface area contributed by atoms with Crippen molar-refractivity contribution >= 4 is 28.4 Å². The second-order valence-corrected chi connectivity index (χ2v) is 5.30. The zero-order chi connectivity index (χ0) is 14.0. The van der Waals surface area contributed by atoms with Crippen LogP contribution in [0.1, 0.15) is 18.2 Å². The zero-order valence-electron chi connectivity index (χ0n) is 11.1. The molecule has 0 bridgehead atoms. The van der Waals surface area contributed by atoms with Crippen molar-refractivity contribution in [2.24, 2.45) is 0 Å². The normalized spacial score (nSPS) is 10.6. The lowest BCUT2D eigenvalue weighted by molar-refractivity contribution is 0.627. The molecule has 0 saturated heterocycles. The molecule has 0 aliphatic carbocycles. The first-order chi connectivity index (χ1) is 9.06. The fraction of sp³-hybridized carbons (Fsp3) is 0.286. The molecule has 2 aromatic rings. The van der Waals surface area contributed by atoms with Gasteiger partial charge in [-0.3, -0.25) is 0 Å². The number of halogens is 2. The van der Waals surface area contributed by atoms with Crippen molar-refractivity contribution in [3.8, 4) is 11.4 Å². The molecule has 3 nitrogen and oxygen atoms in total. The van der Waals surface area contributed by atoms with Crippen LogP contribution < -0.4 is 5.32 Å². The number of aromatic nitrogens is 2. The number of hydrogen-bond acceptors (Lipinski definition) is 3. The third-order valence-electron chi connectivity index (χ3n) is 2.92. The molecule has 1 heterocycles. The number of aryl methyl sites for hydroxylation is 2. The van der Waals surface area contributed by atoms with Crippen molar-refractivity contribution in [2.45, 2.75) is 20.3 Å². The first-order valence-electron chi connectivity index (χ1n) is 6.07. The van der Waals surface area contributed by atoms with Crippen LogP contribution in [0.3, 0.4) is 0 Å². The number of nitrogens with one attached hydrogen (secondary N) is 1. The van der Waals surface area contributed by atoms with E-state index in [2.05, 4.69) is 44.8 Å². The molecule has 0 unspecified atom stereocenters. The smallest absolute Gasteiger partial charge is 0.162 e. The summed E-state index contributed by atoms with van der Waals surface area (Å²) in [4.78, 5) is 9.09. The molecule has 19 heavy (non-hydrogen) atoms. The van der Waals surface area contributed by atoms with Gasteiger partial charge in [0.1, 0.15) is 11.6 Å². The molecular weight excluding hydrogens is 356 g/mol. The highest BCUT2D eigenvalue weighted by molar-refractivity contribution is 14.1. The first kappa shape index (κ1) is 14.2. The molecule has 0 radical (unpaired) electrons. The maximum atomic E-state index is 13.2. The van der Waals surface area contributed by atoms with E-state index >= 15 is 0 Å². The van der Waals surface area contributed by atoms with Gasteiger partial charge >= 0.3 is 0 Å². The summed E-state index contributed by atoms with van der Waals surface area (Å²) in [6.45, 7) is 3.93. The van der Waals surface area contributed by atoms with E-state index in [0.717, 1.165) is 32.6 Å². The Morgan fingerprint density at radius 2 is 2.05 bits per heavy atom. The van der Waals surface area contributed by atoms with Gasteiger partial charge in [0.15, 0.2) is 5.82 Å². The van der Waals surface area contributed by atoms with Crippen molar-refractivity contribution in [1.29, 1.82) is 0 Å². The molecule has 0 saturated carbocycles. The average molecular weight is 371 g/mol. The summed E-state index contributed by atoms with van der Waals surface area (Å²) in [5.74, 6) is 1.21. The summed E-state index contributed by atoms with van der Waals surface area (Å²) in [6.07, 6.45) is 0.836. The SMILES string of the molecule is CCc1nc(-c2ccc(F)cc2C)nc(NC)c1I. The van der Waals surface area contributed by atoms with Gasteiger partial charge in [-0.15, -0.1) is 0 Å². The lowest BCUT2D eigenvalue weighted by atomic mass is 10.1. The molecular formula is C14H15FIN3. The lowest BCUT2D eigenvalue weighted by Gasteiger charge is -2.11. The van der Waals surface area contributed by atoms with Crippen molar-refractivity contribution in [1.82, 2.24) is 9.97 Å². The van der Waals surface area contributed by atoms with Crippen molar-refractivity contribution in [3.05, 3.63) is 38.8 Å². The number of anilines is 1. The average Bonchev–Trinajstić information content (AvgIpc) is 2.39. The molecule has 100 valence electrons.